The summed E-state index contributed by atoms with van der Waals surface area (Å²) in [6.45, 7) is 6.08. The molecule has 48 heavy (non-hydrogen) atoms. The van der Waals surface area contributed by atoms with Crippen LogP contribution in [0.4, 0.5) is 11.4 Å². The Bertz CT molecular complexity index is 1340. The van der Waals surface area contributed by atoms with E-state index in [9.17, 15) is 19.2 Å². The topological polar surface area (TPSA) is 186 Å². The Labute approximate surface area is 279 Å². The summed E-state index contributed by atoms with van der Waals surface area (Å²) in [6, 6.07) is 11.1. The average molecular weight is 673 g/mol. The number of anilines is 2. The molecule has 0 bridgehead atoms. The van der Waals surface area contributed by atoms with Crippen molar-refractivity contribution in [2.24, 2.45) is 0 Å². The van der Waals surface area contributed by atoms with Gasteiger partial charge in [0.1, 0.15) is 18.4 Å². The van der Waals surface area contributed by atoms with Crippen LogP contribution >= 0.6 is 0 Å². The summed E-state index contributed by atoms with van der Waals surface area (Å²) < 4.78 is 38.5. The van der Waals surface area contributed by atoms with Gasteiger partial charge in [0.15, 0.2) is 0 Å². The van der Waals surface area contributed by atoms with Crippen molar-refractivity contribution in [3.63, 3.8) is 0 Å². The molecule has 2 aliphatic rings. The Balaban J connectivity index is 0.919. The van der Waals surface area contributed by atoms with E-state index >= 15 is 0 Å². The van der Waals surface area contributed by atoms with Gasteiger partial charge in [0.25, 0.3) is 11.8 Å². The van der Waals surface area contributed by atoms with Crippen LogP contribution in [0.25, 0.3) is 0 Å². The number of carbonyl (C=O) groups is 4. The van der Waals surface area contributed by atoms with Crippen LogP contribution in [0.5, 0.6) is 5.75 Å². The molecule has 2 aliphatic heterocycles. The highest BCUT2D eigenvalue weighted by Gasteiger charge is 2.45. The van der Waals surface area contributed by atoms with Gasteiger partial charge in [-0.3, -0.25) is 29.4 Å². The lowest BCUT2D eigenvalue weighted by molar-refractivity contribution is -0.136. The second-order valence-corrected chi connectivity index (χ2v) is 10.7. The van der Waals surface area contributed by atoms with Gasteiger partial charge in [-0.2, -0.15) is 0 Å². The van der Waals surface area contributed by atoms with Crippen LogP contribution in [0.2, 0.25) is 0 Å². The first-order valence-corrected chi connectivity index (χ1v) is 16.0. The second kappa shape index (κ2) is 20.3. The number of carbonyl (C=O) groups excluding carboxylic acids is 4. The highest BCUT2D eigenvalue weighted by molar-refractivity contribution is 6.25. The second-order valence-electron chi connectivity index (χ2n) is 10.7. The number of benzene rings is 2. The molecule has 0 radical (unpaired) electrons. The number of hydrogen-bond donors (Lipinski definition) is 3. The van der Waals surface area contributed by atoms with Crippen molar-refractivity contribution in [2.75, 3.05) is 103 Å². The lowest BCUT2D eigenvalue weighted by Crippen LogP contribution is -2.54. The van der Waals surface area contributed by atoms with Gasteiger partial charge in [-0.1, -0.05) is 6.07 Å². The highest BCUT2D eigenvalue weighted by atomic mass is 16.6. The standard InChI is InChI=1S/C33H44N4O11/c34-24-4-6-25(7-5-24)48-23-22-47-21-20-46-19-18-45-17-16-44-15-14-43-13-12-42-11-10-35-27-3-1-2-26-30(27)33(41)37(32(26)40)28-8-9-29(38)36-31(28)39/h1-7,28,35H,8-23,34H2,(H,36,38,39). The molecule has 0 aliphatic carbocycles. The molecule has 0 saturated carbocycles. The van der Waals surface area contributed by atoms with Crippen molar-refractivity contribution in [3.8, 4) is 5.75 Å². The zero-order chi connectivity index (χ0) is 34.0. The van der Waals surface area contributed by atoms with Crippen LogP contribution in [0.3, 0.4) is 0 Å². The van der Waals surface area contributed by atoms with Crippen LogP contribution in [0.15, 0.2) is 42.5 Å². The van der Waals surface area contributed by atoms with Crippen LogP contribution in [-0.2, 0) is 38.0 Å². The third-order valence-electron chi connectivity index (χ3n) is 7.27. The minimum atomic E-state index is -1.01. The fraction of sp³-hybridized carbons (Fsp3) is 0.515. The molecule has 1 unspecified atom stereocenters. The van der Waals surface area contributed by atoms with E-state index in [0.717, 1.165) is 10.6 Å². The summed E-state index contributed by atoms with van der Waals surface area (Å²) in [6.07, 6.45) is 0.173. The number of hydrogen-bond acceptors (Lipinski definition) is 13. The zero-order valence-corrected chi connectivity index (χ0v) is 26.9. The molecule has 262 valence electrons. The fourth-order valence-corrected chi connectivity index (χ4v) is 4.90. The Morgan fingerprint density at radius 3 is 1.79 bits per heavy atom. The maximum atomic E-state index is 13.1. The summed E-state index contributed by atoms with van der Waals surface area (Å²) in [5.41, 5.74) is 7.25. The molecule has 4 N–H and O–H groups in total. The Kier molecular flexibility index (Phi) is 15.5. The molecule has 15 heteroatoms. The third kappa shape index (κ3) is 11.5. The van der Waals surface area contributed by atoms with Crippen LogP contribution in [-0.4, -0.2) is 127 Å². The molecule has 0 spiro atoms. The zero-order valence-electron chi connectivity index (χ0n) is 26.9. The van der Waals surface area contributed by atoms with E-state index in [-0.39, 0.29) is 24.0 Å². The smallest absolute Gasteiger partial charge is 0.264 e. The monoisotopic (exact) mass is 672 g/mol. The normalized spacial score (nSPS) is 15.9. The van der Waals surface area contributed by atoms with E-state index in [0.29, 0.717) is 104 Å². The van der Waals surface area contributed by atoms with Crippen molar-refractivity contribution < 1.29 is 52.3 Å². The average Bonchev–Trinajstić information content (AvgIpc) is 3.33. The molecule has 2 aromatic carbocycles. The van der Waals surface area contributed by atoms with E-state index in [4.69, 9.17) is 38.9 Å². The van der Waals surface area contributed by atoms with Gasteiger partial charge in [-0.15, -0.1) is 0 Å². The van der Waals surface area contributed by atoms with Gasteiger partial charge in [0.05, 0.1) is 90.4 Å². The fourth-order valence-electron chi connectivity index (χ4n) is 4.90. The van der Waals surface area contributed by atoms with Gasteiger partial charge in [0, 0.05) is 24.3 Å². The number of nitrogens with one attached hydrogen (secondary N) is 2. The Hall–Kier alpha value is -4.12. The van der Waals surface area contributed by atoms with Gasteiger partial charge < -0.3 is 44.2 Å². The quantitative estimate of drug-likeness (QED) is 0.0823. The molecule has 2 aromatic rings. The molecule has 15 nitrogen and oxygen atoms in total. The summed E-state index contributed by atoms with van der Waals surface area (Å²) in [7, 11) is 0. The number of fused-ring (bicyclic) bond motifs is 1. The predicted octanol–water partition coefficient (Wildman–Crippen LogP) is 1.26. The van der Waals surface area contributed by atoms with Crippen molar-refractivity contribution in [3.05, 3.63) is 53.6 Å². The van der Waals surface area contributed by atoms with Crippen LogP contribution in [0.1, 0.15) is 33.6 Å². The van der Waals surface area contributed by atoms with E-state index in [1.165, 1.54) is 0 Å². The summed E-state index contributed by atoms with van der Waals surface area (Å²) in [5, 5.41) is 5.33. The number of piperidine rings is 1. The van der Waals surface area contributed by atoms with Gasteiger partial charge in [-0.25, -0.2) is 0 Å². The summed E-state index contributed by atoms with van der Waals surface area (Å²) >= 11 is 0. The first-order chi connectivity index (χ1) is 23.5. The Morgan fingerprint density at radius 2 is 1.23 bits per heavy atom. The molecular formula is C33H44N4O11. The van der Waals surface area contributed by atoms with Gasteiger partial charge in [0.2, 0.25) is 11.8 Å². The number of nitrogens with two attached hydrogens (primary N) is 1. The molecule has 1 atom stereocenters. The van der Waals surface area contributed by atoms with E-state index in [1.54, 1.807) is 30.3 Å². The van der Waals surface area contributed by atoms with E-state index in [1.807, 2.05) is 12.1 Å². The Morgan fingerprint density at radius 1 is 0.688 bits per heavy atom. The van der Waals surface area contributed by atoms with Crippen LogP contribution in [0, 0.1) is 0 Å². The molecule has 2 heterocycles. The van der Waals surface area contributed by atoms with E-state index in [2.05, 4.69) is 10.6 Å². The largest absolute Gasteiger partial charge is 0.491 e. The van der Waals surface area contributed by atoms with Crippen molar-refractivity contribution in [2.45, 2.75) is 18.9 Å². The minimum absolute atomic E-state index is 0.0677. The first kappa shape index (κ1) is 36.7. The maximum Gasteiger partial charge on any atom is 0.264 e. The molecule has 1 fully saturated rings. The third-order valence-corrected chi connectivity index (χ3v) is 7.27. The van der Waals surface area contributed by atoms with Crippen molar-refractivity contribution in [1.82, 2.24) is 10.2 Å². The SMILES string of the molecule is Nc1ccc(OCCOCCOCCOCCOCCOCCOCCNc2cccc3c2C(=O)N(C2CCC(=O)NC2=O)C3=O)cc1. The van der Waals surface area contributed by atoms with Crippen molar-refractivity contribution >= 4 is 35.0 Å². The number of amides is 4. The number of rotatable bonds is 24. The molecule has 0 aromatic heterocycles. The van der Waals surface area contributed by atoms with Gasteiger partial charge in [-0.05, 0) is 42.8 Å². The first-order valence-electron chi connectivity index (χ1n) is 16.0. The molecule has 1 saturated heterocycles. The number of ether oxygens (including phenoxy) is 7. The van der Waals surface area contributed by atoms with Gasteiger partial charge >= 0.3 is 0 Å². The molecule has 4 amide bonds. The minimum Gasteiger partial charge on any atom is -0.491 e. The summed E-state index contributed by atoms with van der Waals surface area (Å²) in [4.78, 5) is 50.8. The number of imide groups is 2. The summed E-state index contributed by atoms with van der Waals surface area (Å²) in [5.74, 6) is -1.41. The number of nitrogens with zero attached hydrogens (tertiary/aromatic N) is 1. The van der Waals surface area contributed by atoms with Crippen molar-refractivity contribution in [1.29, 1.82) is 0 Å². The maximum absolute atomic E-state index is 13.1. The number of nitrogen functional groups attached to an aromatic ring is 1. The molecule has 4 rings (SSSR count). The van der Waals surface area contributed by atoms with Crippen LogP contribution < -0.4 is 21.1 Å². The lowest BCUT2D eigenvalue weighted by Gasteiger charge is -2.27. The lowest BCUT2D eigenvalue weighted by atomic mass is 10.0. The predicted molar refractivity (Wildman–Crippen MR) is 173 cm³/mol. The van der Waals surface area contributed by atoms with E-state index < -0.39 is 29.7 Å². The highest BCUT2D eigenvalue weighted by Crippen LogP contribution is 2.32. The molecular weight excluding hydrogens is 628 g/mol.